The van der Waals surface area contributed by atoms with Crippen LogP contribution in [0.15, 0.2) is 54.7 Å². The lowest BCUT2D eigenvalue weighted by Crippen LogP contribution is -2.71. The summed E-state index contributed by atoms with van der Waals surface area (Å²) < 4.78 is 7.77. The van der Waals surface area contributed by atoms with Crippen LogP contribution in [0.5, 0.6) is 5.75 Å². The first-order valence-electron chi connectivity index (χ1n) is 7.18. The fraction of sp³-hybridized carbons (Fsp3) is 0.118. The molecule has 0 spiro atoms. The Morgan fingerprint density at radius 1 is 1.17 bits per heavy atom. The first-order chi connectivity index (χ1) is 11.2. The van der Waals surface area contributed by atoms with Crippen molar-refractivity contribution in [2.75, 3.05) is 6.61 Å². The number of ether oxygens (including phenoxy) is 1. The SMILES string of the molecule is N/C(=[NH+]\O)c1cn(CCOc2ccc(Cl)cc2)c2ccccc12. The second-order valence-corrected chi connectivity index (χ2v) is 5.52. The largest absolute Gasteiger partial charge is 0.492 e. The number of nitrogen functional groups attached to an aromatic ring is 1. The van der Waals surface area contributed by atoms with Gasteiger partial charge in [-0.25, -0.2) is 0 Å². The molecule has 0 aliphatic heterocycles. The highest BCUT2D eigenvalue weighted by Gasteiger charge is 2.14. The molecule has 0 bridgehead atoms. The first-order valence-corrected chi connectivity index (χ1v) is 7.56. The van der Waals surface area contributed by atoms with Crippen molar-refractivity contribution in [3.63, 3.8) is 0 Å². The van der Waals surface area contributed by atoms with E-state index in [-0.39, 0.29) is 5.84 Å². The van der Waals surface area contributed by atoms with Gasteiger partial charge in [0.15, 0.2) is 0 Å². The molecule has 6 heteroatoms. The van der Waals surface area contributed by atoms with E-state index < -0.39 is 0 Å². The molecule has 1 aromatic heterocycles. The van der Waals surface area contributed by atoms with E-state index in [0.29, 0.717) is 18.2 Å². The van der Waals surface area contributed by atoms with Crippen LogP contribution in [0.3, 0.4) is 0 Å². The highest BCUT2D eigenvalue weighted by atomic mass is 35.5. The maximum absolute atomic E-state index is 9.05. The second-order valence-electron chi connectivity index (χ2n) is 5.08. The normalized spacial score (nSPS) is 11.8. The quantitative estimate of drug-likeness (QED) is 0.287. The van der Waals surface area contributed by atoms with Gasteiger partial charge >= 0.3 is 5.84 Å². The van der Waals surface area contributed by atoms with Gasteiger partial charge in [0, 0.05) is 22.1 Å². The number of rotatable bonds is 5. The number of nitrogens with two attached hydrogens (primary N) is 1. The number of fused-ring (bicyclic) bond motifs is 1. The molecule has 118 valence electrons. The summed E-state index contributed by atoms with van der Waals surface area (Å²) in [7, 11) is 0. The van der Waals surface area contributed by atoms with Gasteiger partial charge in [-0.2, -0.15) is 0 Å². The Kier molecular flexibility index (Phi) is 4.39. The second kappa shape index (κ2) is 6.62. The molecule has 0 aliphatic rings. The first kappa shape index (κ1) is 15.2. The smallest absolute Gasteiger partial charge is 0.313 e. The van der Waals surface area contributed by atoms with Crippen molar-refractivity contribution in [2.45, 2.75) is 6.54 Å². The summed E-state index contributed by atoms with van der Waals surface area (Å²) in [5.41, 5.74) is 7.59. The van der Waals surface area contributed by atoms with Crippen molar-refractivity contribution in [1.82, 2.24) is 4.57 Å². The molecule has 2 aromatic carbocycles. The number of hydrogen-bond acceptors (Lipinski definition) is 2. The standard InChI is InChI=1S/C17H16ClN3O2/c18-12-5-7-13(8-6-12)23-10-9-21-11-15(17(19)20-22)14-3-1-2-4-16(14)21/h1-8,11,22H,9-10H2,(H2,19,20)/p+1. The van der Waals surface area contributed by atoms with Crippen LogP contribution < -0.4 is 15.6 Å². The van der Waals surface area contributed by atoms with Crippen LogP contribution in [0.4, 0.5) is 0 Å². The van der Waals surface area contributed by atoms with Gasteiger partial charge in [-0.15, -0.1) is 0 Å². The molecule has 0 fully saturated rings. The fourth-order valence-corrected chi connectivity index (χ4v) is 2.63. The van der Waals surface area contributed by atoms with Gasteiger partial charge in [-0.05, 0) is 30.3 Å². The van der Waals surface area contributed by atoms with E-state index in [1.807, 2.05) is 52.3 Å². The number of benzene rings is 2. The Morgan fingerprint density at radius 3 is 2.65 bits per heavy atom. The van der Waals surface area contributed by atoms with Crippen LogP contribution >= 0.6 is 11.6 Å². The average Bonchev–Trinajstić information content (AvgIpc) is 2.95. The maximum atomic E-state index is 9.05. The summed E-state index contributed by atoms with van der Waals surface area (Å²) in [6, 6.07) is 15.1. The average molecular weight is 331 g/mol. The van der Waals surface area contributed by atoms with Crippen LogP contribution in [-0.4, -0.2) is 22.2 Å². The Labute approximate surface area is 138 Å². The van der Waals surface area contributed by atoms with Gasteiger partial charge in [0.05, 0.1) is 12.1 Å². The number of para-hydroxylation sites is 1. The lowest BCUT2D eigenvalue weighted by Gasteiger charge is -2.08. The number of halogens is 1. The van der Waals surface area contributed by atoms with Crippen molar-refractivity contribution in [2.24, 2.45) is 5.73 Å². The predicted molar refractivity (Wildman–Crippen MR) is 89.9 cm³/mol. The van der Waals surface area contributed by atoms with E-state index in [1.165, 1.54) is 0 Å². The van der Waals surface area contributed by atoms with Crippen LogP contribution in [0, 0.1) is 0 Å². The van der Waals surface area contributed by atoms with E-state index in [2.05, 4.69) is 0 Å². The number of nitrogens with one attached hydrogen (secondary N) is 1. The van der Waals surface area contributed by atoms with E-state index in [4.69, 9.17) is 27.3 Å². The molecule has 0 aliphatic carbocycles. The summed E-state index contributed by atoms with van der Waals surface area (Å²) in [6.07, 6.45) is 1.90. The summed E-state index contributed by atoms with van der Waals surface area (Å²) in [6.45, 7) is 1.16. The maximum Gasteiger partial charge on any atom is 0.313 e. The van der Waals surface area contributed by atoms with Crippen LogP contribution in [0.25, 0.3) is 10.9 Å². The molecule has 3 rings (SSSR count). The molecule has 0 radical (unpaired) electrons. The summed E-state index contributed by atoms with van der Waals surface area (Å²) >= 11 is 5.85. The highest BCUT2D eigenvalue weighted by molar-refractivity contribution is 6.30. The molecule has 4 N–H and O–H groups in total. The van der Waals surface area contributed by atoms with Crippen molar-refractivity contribution < 1.29 is 15.1 Å². The summed E-state index contributed by atoms with van der Waals surface area (Å²) in [5, 5.41) is 12.7. The number of nitrogens with zero attached hydrogens (tertiary/aromatic N) is 1. The Morgan fingerprint density at radius 2 is 1.91 bits per heavy atom. The molecular weight excluding hydrogens is 314 g/mol. The highest BCUT2D eigenvalue weighted by Crippen LogP contribution is 2.21. The molecule has 0 saturated heterocycles. The molecule has 3 aromatic rings. The van der Waals surface area contributed by atoms with Crippen LogP contribution in [-0.2, 0) is 6.54 Å². The third kappa shape index (κ3) is 3.24. The Balaban J connectivity index is 1.79. The number of amidine groups is 1. The zero-order chi connectivity index (χ0) is 16.2. The minimum absolute atomic E-state index is 0.221. The van der Waals surface area contributed by atoms with Crippen molar-refractivity contribution in [3.05, 3.63) is 65.3 Å². The van der Waals surface area contributed by atoms with Crippen molar-refractivity contribution >= 4 is 28.3 Å². The minimum Gasteiger partial charge on any atom is -0.492 e. The zero-order valence-electron chi connectivity index (χ0n) is 12.4. The van der Waals surface area contributed by atoms with Gasteiger partial charge in [-0.1, -0.05) is 35.0 Å². The number of aromatic nitrogens is 1. The van der Waals surface area contributed by atoms with Gasteiger partial charge in [0.25, 0.3) is 0 Å². The fourth-order valence-electron chi connectivity index (χ4n) is 2.50. The van der Waals surface area contributed by atoms with Gasteiger partial charge < -0.3 is 14.5 Å². The monoisotopic (exact) mass is 330 g/mol. The van der Waals surface area contributed by atoms with E-state index in [0.717, 1.165) is 22.2 Å². The molecule has 0 atom stereocenters. The molecule has 5 nitrogen and oxygen atoms in total. The molecule has 0 amide bonds. The zero-order valence-corrected chi connectivity index (χ0v) is 13.1. The molecule has 23 heavy (non-hydrogen) atoms. The minimum atomic E-state index is 0.221. The summed E-state index contributed by atoms with van der Waals surface area (Å²) in [5.74, 6) is 0.993. The van der Waals surface area contributed by atoms with Crippen LogP contribution in [0.1, 0.15) is 5.56 Å². The Bertz CT molecular complexity index is 841. The molecule has 1 heterocycles. The Hall–Kier alpha value is -2.66. The van der Waals surface area contributed by atoms with Gasteiger partial charge in [0.1, 0.15) is 12.4 Å². The van der Waals surface area contributed by atoms with Crippen molar-refractivity contribution in [3.8, 4) is 5.75 Å². The summed E-state index contributed by atoms with van der Waals surface area (Å²) in [4.78, 5) is 0. The van der Waals surface area contributed by atoms with Gasteiger partial charge in [-0.3, -0.25) is 5.73 Å². The van der Waals surface area contributed by atoms with E-state index in [9.17, 15) is 0 Å². The molecule has 0 saturated carbocycles. The molecular formula is C17H17ClN3O2+. The van der Waals surface area contributed by atoms with E-state index >= 15 is 0 Å². The van der Waals surface area contributed by atoms with Crippen molar-refractivity contribution in [1.29, 1.82) is 0 Å². The number of hydrogen-bond donors (Lipinski definition) is 3. The van der Waals surface area contributed by atoms with Gasteiger partial charge in [0.2, 0.25) is 0 Å². The van der Waals surface area contributed by atoms with E-state index in [1.54, 1.807) is 12.1 Å². The molecule has 0 unspecified atom stereocenters. The predicted octanol–water partition coefficient (Wildman–Crippen LogP) is 1.55. The van der Waals surface area contributed by atoms with Crippen LogP contribution in [0.2, 0.25) is 5.02 Å². The lowest BCUT2D eigenvalue weighted by atomic mass is 10.1. The third-order valence-electron chi connectivity index (χ3n) is 3.61. The third-order valence-corrected chi connectivity index (χ3v) is 3.87. The lowest BCUT2D eigenvalue weighted by molar-refractivity contribution is -0.737. The topological polar surface area (TPSA) is 74.4 Å².